The summed E-state index contributed by atoms with van der Waals surface area (Å²) in [6, 6.07) is 10.7. The number of carbonyl (C=O) groups is 3. The number of carbonyl (C=O) groups excluding carboxylic acids is 3. The zero-order valence-electron chi connectivity index (χ0n) is 12.6. The van der Waals surface area contributed by atoms with Crippen molar-refractivity contribution in [2.24, 2.45) is 0 Å². The number of anilines is 1. The third-order valence-corrected chi connectivity index (χ3v) is 3.80. The van der Waals surface area contributed by atoms with E-state index in [2.05, 4.69) is 5.32 Å². The number of esters is 1. The lowest BCUT2D eigenvalue weighted by atomic mass is 10.1. The molecule has 0 saturated carbocycles. The van der Waals surface area contributed by atoms with Crippen molar-refractivity contribution in [3.8, 4) is 0 Å². The fourth-order valence-electron chi connectivity index (χ4n) is 1.82. The van der Waals surface area contributed by atoms with Crippen molar-refractivity contribution in [3.05, 3.63) is 63.6 Å². The SMILES string of the molecule is CC(=O)c1ccc(NC(=O)COC(=O)c2ccc(Cl)c(Cl)c2)cc1. The topological polar surface area (TPSA) is 72.5 Å². The number of ketones is 1. The molecule has 0 atom stereocenters. The number of ether oxygens (including phenoxy) is 1. The highest BCUT2D eigenvalue weighted by atomic mass is 35.5. The van der Waals surface area contributed by atoms with E-state index in [-0.39, 0.29) is 16.4 Å². The van der Waals surface area contributed by atoms with Crippen LogP contribution in [-0.2, 0) is 9.53 Å². The van der Waals surface area contributed by atoms with Gasteiger partial charge in [0.1, 0.15) is 0 Å². The Morgan fingerprint density at radius 1 is 0.958 bits per heavy atom. The van der Waals surface area contributed by atoms with Crippen LogP contribution in [0.5, 0.6) is 0 Å². The van der Waals surface area contributed by atoms with E-state index in [9.17, 15) is 14.4 Å². The summed E-state index contributed by atoms with van der Waals surface area (Å²) in [6.07, 6.45) is 0. The molecule has 0 saturated heterocycles. The molecular weight excluding hydrogens is 353 g/mol. The van der Waals surface area contributed by atoms with Gasteiger partial charge in [0.05, 0.1) is 15.6 Å². The second-order valence-electron chi connectivity index (χ2n) is 4.89. The molecule has 1 amide bonds. The Balaban J connectivity index is 1.89. The van der Waals surface area contributed by atoms with Gasteiger partial charge in [-0.15, -0.1) is 0 Å². The van der Waals surface area contributed by atoms with Crippen LogP contribution in [0.3, 0.4) is 0 Å². The third kappa shape index (κ3) is 4.81. The summed E-state index contributed by atoms with van der Waals surface area (Å²) in [5.74, 6) is -1.25. The van der Waals surface area contributed by atoms with Crippen LogP contribution in [0.4, 0.5) is 5.69 Å². The Kier molecular flexibility index (Phi) is 5.95. The summed E-state index contributed by atoms with van der Waals surface area (Å²) >= 11 is 11.6. The second kappa shape index (κ2) is 7.95. The number of benzene rings is 2. The van der Waals surface area contributed by atoms with Crippen molar-refractivity contribution in [3.63, 3.8) is 0 Å². The molecule has 1 N–H and O–H groups in total. The third-order valence-electron chi connectivity index (χ3n) is 3.06. The largest absolute Gasteiger partial charge is 0.452 e. The molecule has 0 aliphatic rings. The zero-order valence-corrected chi connectivity index (χ0v) is 14.1. The molecule has 5 nitrogen and oxygen atoms in total. The highest BCUT2D eigenvalue weighted by Crippen LogP contribution is 2.22. The van der Waals surface area contributed by atoms with Gasteiger partial charge in [0.15, 0.2) is 12.4 Å². The van der Waals surface area contributed by atoms with Crippen LogP contribution >= 0.6 is 23.2 Å². The molecule has 2 rings (SSSR count). The summed E-state index contributed by atoms with van der Waals surface area (Å²) in [6.45, 7) is 1.00. The van der Waals surface area contributed by atoms with Crippen molar-refractivity contribution in [2.45, 2.75) is 6.92 Å². The highest BCUT2D eigenvalue weighted by molar-refractivity contribution is 6.42. The fourth-order valence-corrected chi connectivity index (χ4v) is 2.12. The Morgan fingerprint density at radius 2 is 1.58 bits per heavy atom. The van der Waals surface area contributed by atoms with Crippen molar-refractivity contribution in [1.29, 1.82) is 0 Å². The van der Waals surface area contributed by atoms with Gasteiger partial charge in [0, 0.05) is 11.3 Å². The number of hydrogen-bond acceptors (Lipinski definition) is 4. The van der Waals surface area contributed by atoms with Crippen molar-refractivity contribution in [2.75, 3.05) is 11.9 Å². The Labute approximate surface area is 148 Å². The van der Waals surface area contributed by atoms with Gasteiger partial charge in [-0.05, 0) is 49.4 Å². The van der Waals surface area contributed by atoms with Crippen LogP contribution in [-0.4, -0.2) is 24.3 Å². The molecule has 0 aliphatic heterocycles. The van der Waals surface area contributed by atoms with E-state index in [0.717, 1.165) is 0 Å². The lowest BCUT2D eigenvalue weighted by Gasteiger charge is -2.07. The van der Waals surface area contributed by atoms with Gasteiger partial charge < -0.3 is 10.1 Å². The first kappa shape index (κ1) is 18.0. The van der Waals surface area contributed by atoms with Crippen LogP contribution in [0.2, 0.25) is 10.0 Å². The molecule has 0 spiro atoms. The summed E-state index contributed by atoms with van der Waals surface area (Å²) < 4.78 is 4.91. The number of hydrogen-bond donors (Lipinski definition) is 1. The van der Waals surface area contributed by atoms with Gasteiger partial charge in [-0.3, -0.25) is 9.59 Å². The zero-order chi connectivity index (χ0) is 17.7. The summed E-state index contributed by atoms with van der Waals surface area (Å²) in [7, 11) is 0. The standard InChI is InChI=1S/C17H13Cl2NO4/c1-10(21)11-2-5-13(6-3-11)20-16(22)9-24-17(23)12-4-7-14(18)15(19)8-12/h2-8H,9H2,1H3,(H,20,22). The van der Waals surface area contributed by atoms with Crippen LogP contribution in [0.25, 0.3) is 0 Å². The maximum absolute atomic E-state index is 11.8. The maximum atomic E-state index is 11.8. The number of amides is 1. The highest BCUT2D eigenvalue weighted by Gasteiger charge is 2.12. The number of rotatable bonds is 5. The summed E-state index contributed by atoms with van der Waals surface area (Å²) in [4.78, 5) is 34.8. The van der Waals surface area contributed by atoms with Crippen LogP contribution in [0.15, 0.2) is 42.5 Å². The summed E-state index contributed by atoms with van der Waals surface area (Å²) in [5.41, 5.74) is 1.23. The van der Waals surface area contributed by atoms with Gasteiger partial charge in [0.25, 0.3) is 5.91 Å². The van der Waals surface area contributed by atoms with Crippen LogP contribution < -0.4 is 5.32 Å². The quantitative estimate of drug-likeness (QED) is 0.642. The molecule has 0 fully saturated rings. The molecule has 124 valence electrons. The monoisotopic (exact) mass is 365 g/mol. The molecule has 0 unspecified atom stereocenters. The van der Waals surface area contributed by atoms with E-state index >= 15 is 0 Å². The molecule has 24 heavy (non-hydrogen) atoms. The first-order valence-electron chi connectivity index (χ1n) is 6.90. The number of Topliss-reactive ketones (excluding diaryl/α,β-unsaturated/α-hetero) is 1. The van der Waals surface area contributed by atoms with Gasteiger partial charge in [-0.25, -0.2) is 4.79 Å². The van der Waals surface area contributed by atoms with E-state index in [1.54, 1.807) is 24.3 Å². The molecule has 0 bridgehead atoms. The predicted molar refractivity (Wildman–Crippen MR) is 91.8 cm³/mol. The average molecular weight is 366 g/mol. The first-order valence-corrected chi connectivity index (χ1v) is 7.65. The van der Waals surface area contributed by atoms with E-state index in [1.807, 2.05) is 0 Å². The molecule has 0 heterocycles. The van der Waals surface area contributed by atoms with Crippen molar-refractivity contribution >= 4 is 46.5 Å². The van der Waals surface area contributed by atoms with Gasteiger partial charge in [-0.2, -0.15) is 0 Å². The maximum Gasteiger partial charge on any atom is 0.338 e. The van der Waals surface area contributed by atoms with Gasteiger partial charge in [0.2, 0.25) is 0 Å². The number of nitrogens with one attached hydrogen (secondary N) is 1. The molecule has 2 aromatic rings. The van der Waals surface area contributed by atoms with E-state index < -0.39 is 18.5 Å². The average Bonchev–Trinajstić information content (AvgIpc) is 2.55. The molecule has 7 heteroatoms. The molecule has 0 aromatic heterocycles. The fraction of sp³-hybridized carbons (Fsp3) is 0.118. The predicted octanol–water partition coefficient (Wildman–Crippen LogP) is 3.99. The molecule has 2 aromatic carbocycles. The Hall–Kier alpha value is -2.37. The molecule has 0 radical (unpaired) electrons. The van der Waals surface area contributed by atoms with Gasteiger partial charge in [-0.1, -0.05) is 23.2 Å². The smallest absolute Gasteiger partial charge is 0.338 e. The lowest BCUT2D eigenvalue weighted by molar-refractivity contribution is -0.119. The normalized spacial score (nSPS) is 10.1. The molecule has 0 aliphatic carbocycles. The Bertz CT molecular complexity index is 788. The number of halogens is 2. The minimum absolute atomic E-state index is 0.0663. The second-order valence-corrected chi connectivity index (χ2v) is 5.70. The van der Waals surface area contributed by atoms with E-state index in [1.165, 1.54) is 25.1 Å². The van der Waals surface area contributed by atoms with Crippen LogP contribution in [0, 0.1) is 0 Å². The van der Waals surface area contributed by atoms with Crippen LogP contribution in [0.1, 0.15) is 27.6 Å². The van der Waals surface area contributed by atoms with E-state index in [0.29, 0.717) is 16.3 Å². The lowest BCUT2D eigenvalue weighted by Crippen LogP contribution is -2.21. The molecular formula is C17H13Cl2NO4. The first-order chi connectivity index (χ1) is 11.4. The van der Waals surface area contributed by atoms with Crippen molar-refractivity contribution in [1.82, 2.24) is 0 Å². The minimum atomic E-state index is -0.685. The van der Waals surface area contributed by atoms with Crippen molar-refractivity contribution < 1.29 is 19.1 Å². The minimum Gasteiger partial charge on any atom is -0.452 e. The van der Waals surface area contributed by atoms with E-state index in [4.69, 9.17) is 27.9 Å². The summed E-state index contributed by atoms with van der Waals surface area (Å²) in [5, 5.41) is 3.10. The Morgan fingerprint density at radius 3 is 2.17 bits per heavy atom. The van der Waals surface area contributed by atoms with Gasteiger partial charge >= 0.3 is 5.97 Å².